The topological polar surface area (TPSA) is 29.9 Å². The Kier molecular flexibility index (Phi) is 4.36. The van der Waals surface area contributed by atoms with Gasteiger partial charge in [-0.25, -0.2) is 0 Å². The van der Waals surface area contributed by atoms with Crippen LogP contribution in [0.2, 0.25) is 0 Å². The van der Waals surface area contributed by atoms with Gasteiger partial charge in [-0.3, -0.25) is 4.68 Å². The lowest BCUT2D eigenvalue weighted by Gasteiger charge is -2.10. The molecule has 0 saturated carbocycles. The summed E-state index contributed by atoms with van der Waals surface area (Å²) in [5, 5.41) is 7.35. The summed E-state index contributed by atoms with van der Waals surface area (Å²) >= 11 is 3.41. The van der Waals surface area contributed by atoms with Crippen LogP contribution < -0.4 is 5.32 Å². The zero-order valence-corrected chi connectivity index (χ0v) is 14.2. The van der Waals surface area contributed by atoms with Crippen LogP contribution in [-0.4, -0.2) is 9.78 Å². The molecule has 0 aliphatic carbocycles. The van der Waals surface area contributed by atoms with Crippen molar-refractivity contribution in [2.24, 2.45) is 7.05 Å². The SMILES string of the molecule is Cn1ncc(Br)c1Nc1ccc(-c2ccc(C(F)(F)F)cc2)cc1. The summed E-state index contributed by atoms with van der Waals surface area (Å²) in [6.07, 6.45) is -2.62. The summed E-state index contributed by atoms with van der Waals surface area (Å²) in [5.74, 6) is 0.817. The third kappa shape index (κ3) is 3.46. The van der Waals surface area contributed by atoms with Crippen molar-refractivity contribution in [2.75, 3.05) is 5.32 Å². The van der Waals surface area contributed by atoms with Crippen LogP contribution in [0.3, 0.4) is 0 Å². The van der Waals surface area contributed by atoms with Gasteiger partial charge in [0.15, 0.2) is 0 Å². The smallest absolute Gasteiger partial charge is 0.340 e. The molecule has 3 rings (SSSR count). The lowest BCUT2D eigenvalue weighted by Crippen LogP contribution is -2.04. The summed E-state index contributed by atoms with van der Waals surface area (Å²) < 4.78 is 40.4. The van der Waals surface area contributed by atoms with Crippen LogP contribution in [0.15, 0.2) is 59.2 Å². The highest BCUT2D eigenvalue weighted by atomic mass is 79.9. The number of nitrogens with one attached hydrogen (secondary N) is 1. The summed E-state index contributed by atoms with van der Waals surface area (Å²) in [6.45, 7) is 0. The lowest BCUT2D eigenvalue weighted by molar-refractivity contribution is -0.137. The van der Waals surface area contributed by atoms with Crippen LogP contribution in [0.5, 0.6) is 0 Å². The maximum Gasteiger partial charge on any atom is 0.416 e. The number of aryl methyl sites for hydroxylation is 1. The first-order valence-electron chi connectivity index (χ1n) is 7.07. The van der Waals surface area contributed by atoms with Gasteiger partial charge in [-0.1, -0.05) is 24.3 Å². The Balaban J connectivity index is 1.79. The van der Waals surface area contributed by atoms with E-state index in [0.29, 0.717) is 0 Å². The molecule has 0 amide bonds. The normalized spacial score (nSPS) is 11.5. The maximum absolute atomic E-state index is 12.6. The van der Waals surface area contributed by atoms with Gasteiger partial charge in [0.2, 0.25) is 0 Å². The molecule has 0 saturated heterocycles. The number of hydrogen-bond donors (Lipinski definition) is 1. The molecule has 7 heteroatoms. The fourth-order valence-corrected chi connectivity index (χ4v) is 2.73. The van der Waals surface area contributed by atoms with Crippen LogP contribution in [0.1, 0.15) is 5.56 Å². The second-order valence-corrected chi connectivity index (χ2v) is 6.10. The average molecular weight is 396 g/mol. The number of anilines is 2. The van der Waals surface area contributed by atoms with Crippen LogP contribution in [0.25, 0.3) is 11.1 Å². The third-order valence-electron chi connectivity index (χ3n) is 3.59. The molecule has 1 aromatic heterocycles. The molecule has 0 spiro atoms. The number of alkyl halides is 3. The molecule has 0 fully saturated rings. The molecule has 1 N–H and O–H groups in total. The molecule has 0 aliphatic heterocycles. The standard InChI is InChI=1S/C17H13BrF3N3/c1-24-16(15(18)10-22-24)23-14-8-4-12(5-9-14)11-2-6-13(7-3-11)17(19,20)21/h2-10,23H,1H3. The van der Waals surface area contributed by atoms with Crippen molar-refractivity contribution in [3.05, 3.63) is 64.8 Å². The Bertz CT molecular complexity index is 818. The first-order valence-corrected chi connectivity index (χ1v) is 7.86. The Hall–Kier alpha value is -2.28. The van der Waals surface area contributed by atoms with Gasteiger partial charge in [-0.05, 0) is 51.3 Å². The third-order valence-corrected chi connectivity index (χ3v) is 4.17. The van der Waals surface area contributed by atoms with Crippen molar-refractivity contribution in [3.63, 3.8) is 0 Å². The number of benzene rings is 2. The highest BCUT2D eigenvalue weighted by Gasteiger charge is 2.29. The Labute approximate surface area is 145 Å². The zero-order valence-electron chi connectivity index (χ0n) is 12.6. The van der Waals surface area contributed by atoms with Crippen LogP contribution >= 0.6 is 15.9 Å². The van der Waals surface area contributed by atoms with Crippen molar-refractivity contribution >= 4 is 27.4 Å². The van der Waals surface area contributed by atoms with Crippen LogP contribution in [0, 0.1) is 0 Å². The molecule has 0 bridgehead atoms. The van der Waals surface area contributed by atoms with Crippen LogP contribution in [0.4, 0.5) is 24.7 Å². The van der Waals surface area contributed by atoms with Gasteiger partial charge in [0.25, 0.3) is 0 Å². The molecule has 3 nitrogen and oxygen atoms in total. The van der Waals surface area contributed by atoms with Gasteiger partial charge in [0.05, 0.1) is 16.2 Å². The van der Waals surface area contributed by atoms with Crippen molar-refractivity contribution in [1.82, 2.24) is 9.78 Å². The molecular formula is C17H13BrF3N3. The van der Waals surface area contributed by atoms with Crippen LogP contribution in [-0.2, 0) is 13.2 Å². The predicted octanol–water partition coefficient (Wildman–Crippen LogP) is 5.61. The maximum atomic E-state index is 12.6. The van der Waals surface area contributed by atoms with E-state index in [1.165, 1.54) is 12.1 Å². The lowest BCUT2D eigenvalue weighted by atomic mass is 10.0. The predicted molar refractivity (Wildman–Crippen MR) is 91.1 cm³/mol. The van der Waals surface area contributed by atoms with E-state index >= 15 is 0 Å². The first kappa shape index (κ1) is 16.6. The van der Waals surface area contributed by atoms with Gasteiger partial charge >= 0.3 is 6.18 Å². The number of hydrogen-bond acceptors (Lipinski definition) is 2. The molecule has 0 unspecified atom stereocenters. The van der Waals surface area contributed by atoms with Gasteiger partial charge < -0.3 is 5.32 Å². The molecule has 0 radical (unpaired) electrons. The Morgan fingerprint density at radius 3 is 1.96 bits per heavy atom. The second-order valence-electron chi connectivity index (χ2n) is 5.24. The Morgan fingerprint density at radius 2 is 1.50 bits per heavy atom. The summed E-state index contributed by atoms with van der Waals surface area (Å²) in [4.78, 5) is 0. The van der Waals surface area contributed by atoms with Crippen molar-refractivity contribution in [1.29, 1.82) is 0 Å². The quantitative estimate of drug-likeness (QED) is 0.624. The van der Waals surface area contributed by atoms with E-state index < -0.39 is 11.7 Å². The van der Waals surface area contributed by atoms with E-state index in [4.69, 9.17) is 0 Å². The highest BCUT2D eigenvalue weighted by molar-refractivity contribution is 9.10. The number of aromatic nitrogens is 2. The largest absolute Gasteiger partial charge is 0.416 e. The summed E-state index contributed by atoms with van der Waals surface area (Å²) in [6, 6.07) is 12.6. The molecule has 1 heterocycles. The highest BCUT2D eigenvalue weighted by Crippen LogP contribution is 2.31. The fourth-order valence-electron chi connectivity index (χ4n) is 2.29. The molecule has 3 aromatic rings. The monoisotopic (exact) mass is 395 g/mol. The minimum absolute atomic E-state index is 0.648. The number of nitrogens with zero attached hydrogens (tertiary/aromatic N) is 2. The van der Waals surface area contributed by atoms with Crippen molar-refractivity contribution < 1.29 is 13.2 Å². The van der Waals surface area contributed by atoms with E-state index in [9.17, 15) is 13.2 Å². The van der Waals surface area contributed by atoms with Gasteiger partial charge in [-0.2, -0.15) is 18.3 Å². The van der Waals surface area contributed by atoms with Gasteiger partial charge in [-0.15, -0.1) is 0 Å². The summed E-state index contributed by atoms with van der Waals surface area (Å²) in [5.41, 5.74) is 1.79. The van der Waals surface area contributed by atoms with Crippen molar-refractivity contribution in [3.8, 4) is 11.1 Å². The van der Waals surface area contributed by atoms with Gasteiger partial charge in [0, 0.05) is 12.7 Å². The second kappa shape index (κ2) is 6.32. The van der Waals surface area contributed by atoms with E-state index in [-0.39, 0.29) is 0 Å². The molecule has 24 heavy (non-hydrogen) atoms. The number of halogens is 4. The zero-order chi connectivity index (χ0) is 17.3. The van der Waals surface area contributed by atoms with E-state index in [0.717, 1.165) is 39.2 Å². The minimum atomic E-state index is -4.32. The molecule has 0 atom stereocenters. The van der Waals surface area contributed by atoms with E-state index in [1.807, 2.05) is 31.3 Å². The van der Waals surface area contributed by atoms with E-state index in [1.54, 1.807) is 10.9 Å². The molecular weight excluding hydrogens is 383 g/mol. The fraction of sp³-hybridized carbons (Fsp3) is 0.118. The van der Waals surface area contributed by atoms with Gasteiger partial charge in [0.1, 0.15) is 5.82 Å². The van der Waals surface area contributed by atoms with E-state index in [2.05, 4.69) is 26.3 Å². The summed E-state index contributed by atoms with van der Waals surface area (Å²) in [7, 11) is 1.82. The molecule has 2 aromatic carbocycles. The Morgan fingerprint density at radius 1 is 0.958 bits per heavy atom. The van der Waals surface area contributed by atoms with Crippen molar-refractivity contribution in [2.45, 2.75) is 6.18 Å². The number of rotatable bonds is 3. The molecule has 124 valence electrons. The molecule has 0 aliphatic rings. The minimum Gasteiger partial charge on any atom is -0.340 e. The average Bonchev–Trinajstić information content (AvgIpc) is 2.87. The first-order chi connectivity index (χ1) is 11.3.